The largest absolute Gasteiger partial charge is 0.459 e. The molecule has 0 unspecified atom stereocenters. The fraction of sp³-hybridized carbons (Fsp3) is 0.385. The minimum atomic E-state index is -0.955. The summed E-state index contributed by atoms with van der Waals surface area (Å²) in [7, 11) is 0. The van der Waals surface area contributed by atoms with E-state index in [-0.39, 0.29) is 19.6 Å². The van der Waals surface area contributed by atoms with Crippen molar-refractivity contribution >= 4 is 23.9 Å². The van der Waals surface area contributed by atoms with Crippen LogP contribution in [0.15, 0.2) is 60.7 Å². The molecule has 2 aromatic carbocycles. The second kappa shape index (κ2) is 13.1. The molecule has 0 aromatic heterocycles. The SMILES string of the molecule is C[C@H](NC(=O)CNC(=O)OC(C)(C)C)C(=O)N[C@H](Cc1ccccc1)C(=O)OCc1ccccc1. The first-order valence-electron chi connectivity index (χ1n) is 11.3. The summed E-state index contributed by atoms with van der Waals surface area (Å²) in [6.45, 7) is 6.31. The molecule has 0 saturated carbocycles. The van der Waals surface area contributed by atoms with Gasteiger partial charge in [0.15, 0.2) is 0 Å². The van der Waals surface area contributed by atoms with Crippen molar-refractivity contribution in [1.29, 1.82) is 0 Å². The molecule has 2 rings (SSSR count). The first kappa shape index (κ1) is 27.4. The Morgan fingerprint density at radius 2 is 1.43 bits per heavy atom. The Balaban J connectivity index is 1.94. The molecule has 0 heterocycles. The van der Waals surface area contributed by atoms with Gasteiger partial charge in [-0.15, -0.1) is 0 Å². The highest BCUT2D eigenvalue weighted by Crippen LogP contribution is 2.08. The Hall–Kier alpha value is -3.88. The number of carbonyl (C=O) groups is 4. The predicted octanol–water partition coefficient (Wildman–Crippen LogP) is 2.49. The van der Waals surface area contributed by atoms with Gasteiger partial charge in [-0.1, -0.05) is 60.7 Å². The number of esters is 1. The molecule has 3 amide bonds. The molecular weight excluding hydrogens is 450 g/mol. The third-order valence-electron chi connectivity index (χ3n) is 4.67. The number of amides is 3. The van der Waals surface area contributed by atoms with E-state index in [9.17, 15) is 19.2 Å². The molecule has 9 heteroatoms. The second-order valence-corrected chi connectivity index (χ2v) is 8.99. The number of hydrogen-bond acceptors (Lipinski definition) is 6. The lowest BCUT2D eigenvalue weighted by Crippen LogP contribution is -2.52. The zero-order chi connectivity index (χ0) is 25.8. The number of nitrogens with one attached hydrogen (secondary N) is 3. The van der Waals surface area contributed by atoms with Crippen LogP contribution in [0, 0.1) is 0 Å². The van der Waals surface area contributed by atoms with Crippen LogP contribution in [0.4, 0.5) is 4.79 Å². The van der Waals surface area contributed by atoms with E-state index in [1.807, 2.05) is 60.7 Å². The van der Waals surface area contributed by atoms with Gasteiger partial charge in [-0.05, 0) is 38.8 Å². The van der Waals surface area contributed by atoms with Crippen molar-refractivity contribution in [3.8, 4) is 0 Å². The Bertz CT molecular complexity index is 989. The molecular formula is C26H33N3O6. The smallest absolute Gasteiger partial charge is 0.408 e. The summed E-state index contributed by atoms with van der Waals surface area (Å²) in [5.74, 6) is -1.73. The van der Waals surface area contributed by atoms with Gasteiger partial charge in [0.25, 0.3) is 0 Å². The van der Waals surface area contributed by atoms with Crippen LogP contribution < -0.4 is 16.0 Å². The maximum absolute atomic E-state index is 12.8. The zero-order valence-corrected chi connectivity index (χ0v) is 20.5. The van der Waals surface area contributed by atoms with Crippen LogP contribution in [0.2, 0.25) is 0 Å². The maximum atomic E-state index is 12.8. The number of ether oxygens (including phenoxy) is 2. The van der Waals surface area contributed by atoms with Crippen LogP contribution in [0.25, 0.3) is 0 Å². The number of benzene rings is 2. The van der Waals surface area contributed by atoms with Gasteiger partial charge in [0, 0.05) is 6.42 Å². The zero-order valence-electron chi connectivity index (χ0n) is 20.5. The van der Waals surface area contributed by atoms with Gasteiger partial charge in [0.05, 0.1) is 0 Å². The van der Waals surface area contributed by atoms with E-state index in [4.69, 9.17) is 9.47 Å². The van der Waals surface area contributed by atoms with Gasteiger partial charge in [-0.3, -0.25) is 9.59 Å². The summed E-state index contributed by atoms with van der Waals surface area (Å²) in [4.78, 5) is 49.4. The molecule has 0 fully saturated rings. The minimum absolute atomic E-state index is 0.0729. The Morgan fingerprint density at radius 3 is 2.00 bits per heavy atom. The molecule has 0 spiro atoms. The number of rotatable bonds is 10. The summed E-state index contributed by atoms with van der Waals surface area (Å²) in [5.41, 5.74) is 0.966. The van der Waals surface area contributed by atoms with E-state index in [0.29, 0.717) is 0 Å². The van der Waals surface area contributed by atoms with Gasteiger partial charge in [-0.25, -0.2) is 9.59 Å². The first-order chi connectivity index (χ1) is 16.5. The third kappa shape index (κ3) is 10.7. The van der Waals surface area contributed by atoms with E-state index in [1.165, 1.54) is 6.92 Å². The van der Waals surface area contributed by atoms with Crippen molar-refractivity contribution in [2.75, 3.05) is 6.54 Å². The van der Waals surface area contributed by atoms with Crippen molar-refractivity contribution in [2.45, 2.75) is 58.4 Å². The number of hydrogen-bond donors (Lipinski definition) is 3. The van der Waals surface area contributed by atoms with Crippen molar-refractivity contribution < 1.29 is 28.7 Å². The molecule has 3 N–H and O–H groups in total. The van der Waals surface area contributed by atoms with Crippen LogP contribution in [0.3, 0.4) is 0 Å². The van der Waals surface area contributed by atoms with Gasteiger partial charge in [0.1, 0.15) is 30.8 Å². The first-order valence-corrected chi connectivity index (χ1v) is 11.3. The van der Waals surface area contributed by atoms with E-state index in [1.54, 1.807) is 20.8 Å². The molecule has 0 bridgehead atoms. The Labute approximate surface area is 205 Å². The highest BCUT2D eigenvalue weighted by atomic mass is 16.6. The number of alkyl carbamates (subject to hydrolysis) is 1. The molecule has 35 heavy (non-hydrogen) atoms. The summed E-state index contributed by atoms with van der Waals surface area (Å²) in [6, 6.07) is 16.5. The van der Waals surface area contributed by atoms with Crippen molar-refractivity contribution in [1.82, 2.24) is 16.0 Å². The Morgan fingerprint density at radius 1 is 0.857 bits per heavy atom. The lowest BCUT2D eigenvalue weighted by Gasteiger charge is -2.21. The van der Waals surface area contributed by atoms with E-state index in [2.05, 4.69) is 16.0 Å². The average molecular weight is 484 g/mol. The molecule has 0 aliphatic carbocycles. The number of carbonyl (C=O) groups excluding carboxylic acids is 4. The highest BCUT2D eigenvalue weighted by Gasteiger charge is 2.26. The standard InChI is InChI=1S/C26H33N3O6/c1-18(28-22(30)16-27-25(33)35-26(2,3)4)23(31)29-21(15-19-11-7-5-8-12-19)24(32)34-17-20-13-9-6-10-14-20/h5-14,18,21H,15-17H2,1-4H3,(H,27,33)(H,28,30)(H,29,31)/t18-,21+/m0/s1. The monoisotopic (exact) mass is 483 g/mol. The highest BCUT2D eigenvalue weighted by molar-refractivity contribution is 5.91. The van der Waals surface area contributed by atoms with Crippen LogP contribution in [-0.2, 0) is 36.9 Å². The summed E-state index contributed by atoms with van der Waals surface area (Å²) < 4.78 is 10.5. The minimum Gasteiger partial charge on any atom is -0.459 e. The molecule has 0 aliphatic rings. The van der Waals surface area contributed by atoms with Gasteiger partial charge < -0.3 is 25.4 Å². The van der Waals surface area contributed by atoms with Crippen molar-refractivity contribution in [3.05, 3.63) is 71.8 Å². The topological polar surface area (TPSA) is 123 Å². The molecule has 188 valence electrons. The van der Waals surface area contributed by atoms with Crippen LogP contribution in [0.5, 0.6) is 0 Å². The van der Waals surface area contributed by atoms with E-state index >= 15 is 0 Å². The molecule has 0 saturated heterocycles. The normalized spacial score (nSPS) is 12.6. The van der Waals surface area contributed by atoms with Gasteiger partial charge in [0.2, 0.25) is 11.8 Å². The second-order valence-electron chi connectivity index (χ2n) is 8.99. The molecule has 0 aliphatic heterocycles. The van der Waals surface area contributed by atoms with Crippen molar-refractivity contribution in [2.24, 2.45) is 0 Å². The van der Waals surface area contributed by atoms with E-state index in [0.717, 1.165) is 11.1 Å². The fourth-order valence-corrected chi connectivity index (χ4v) is 2.99. The summed E-state index contributed by atoms with van der Waals surface area (Å²) >= 11 is 0. The molecule has 2 aromatic rings. The molecule has 9 nitrogen and oxygen atoms in total. The fourth-order valence-electron chi connectivity index (χ4n) is 2.99. The van der Waals surface area contributed by atoms with Crippen molar-refractivity contribution in [3.63, 3.8) is 0 Å². The summed E-state index contributed by atoms with van der Waals surface area (Å²) in [5, 5.41) is 7.48. The van der Waals surface area contributed by atoms with Crippen LogP contribution in [-0.4, -0.2) is 48.1 Å². The molecule has 0 radical (unpaired) electrons. The average Bonchev–Trinajstić information content (AvgIpc) is 2.81. The van der Waals surface area contributed by atoms with Gasteiger partial charge >= 0.3 is 12.1 Å². The van der Waals surface area contributed by atoms with Crippen LogP contribution >= 0.6 is 0 Å². The third-order valence-corrected chi connectivity index (χ3v) is 4.67. The molecule has 2 atom stereocenters. The maximum Gasteiger partial charge on any atom is 0.408 e. The quantitative estimate of drug-likeness (QED) is 0.446. The van der Waals surface area contributed by atoms with Gasteiger partial charge in [-0.2, -0.15) is 0 Å². The lowest BCUT2D eigenvalue weighted by atomic mass is 10.1. The Kier molecular flexibility index (Phi) is 10.3. The lowest BCUT2D eigenvalue weighted by molar-refractivity contribution is -0.149. The summed E-state index contributed by atoms with van der Waals surface area (Å²) in [6.07, 6.45) is -0.519. The predicted molar refractivity (Wildman–Crippen MR) is 130 cm³/mol. The van der Waals surface area contributed by atoms with Crippen LogP contribution in [0.1, 0.15) is 38.8 Å². The van der Waals surface area contributed by atoms with E-state index < -0.39 is 41.6 Å².